The molecule has 0 aliphatic carbocycles. The smallest absolute Gasteiger partial charge is 0.0435 e. The normalized spacial score (nSPS) is 10.7. The summed E-state index contributed by atoms with van der Waals surface area (Å²) in [5.74, 6) is 0. The van der Waals surface area contributed by atoms with Crippen LogP contribution in [0.1, 0.15) is 19.4 Å². The summed E-state index contributed by atoms with van der Waals surface area (Å²) >= 11 is 0. The first-order valence-electron chi connectivity index (χ1n) is 4.74. The van der Waals surface area contributed by atoms with Gasteiger partial charge in [-0.15, -0.1) is 0 Å². The molecule has 0 aromatic heterocycles. The molecule has 0 atom stereocenters. The summed E-state index contributed by atoms with van der Waals surface area (Å²) in [6.45, 7) is 7.35. The lowest BCUT2D eigenvalue weighted by Gasteiger charge is -2.20. The van der Waals surface area contributed by atoms with Gasteiger partial charge in [-0.3, -0.25) is 0 Å². The van der Waals surface area contributed by atoms with Gasteiger partial charge in [-0.05, 0) is 38.6 Å². The van der Waals surface area contributed by atoms with Crippen LogP contribution in [0.5, 0.6) is 0 Å². The van der Waals surface area contributed by atoms with Gasteiger partial charge in [0.2, 0.25) is 0 Å². The summed E-state index contributed by atoms with van der Waals surface area (Å²) in [6, 6.07) is 8.44. The van der Waals surface area contributed by atoms with Gasteiger partial charge >= 0.3 is 0 Å². The molecule has 0 aliphatic heterocycles. The Morgan fingerprint density at radius 2 is 2.00 bits per heavy atom. The first-order valence-corrected chi connectivity index (χ1v) is 4.74. The number of para-hydroxylation sites is 1. The molecule has 1 rings (SSSR count). The zero-order valence-corrected chi connectivity index (χ0v) is 8.62. The van der Waals surface area contributed by atoms with Gasteiger partial charge in [-0.2, -0.15) is 0 Å². The van der Waals surface area contributed by atoms with Crippen LogP contribution in [0.4, 0.5) is 5.69 Å². The molecule has 1 heteroatoms. The van der Waals surface area contributed by atoms with Crippen molar-refractivity contribution in [1.29, 1.82) is 0 Å². The number of hydrogen-bond acceptors (Lipinski definition) is 1. The van der Waals surface area contributed by atoms with E-state index in [9.17, 15) is 0 Å². The molecule has 1 aromatic carbocycles. The van der Waals surface area contributed by atoms with Crippen LogP contribution in [-0.4, -0.2) is 6.54 Å². The number of allylic oxidation sites excluding steroid dienone is 1. The largest absolute Gasteiger partial charge is 0.348 e. The van der Waals surface area contributed by atoms with E-state index < -0.39 is 0 Å². The number of benzene rings is 1. The molecule has 0 aliphatic rings. The maximum atomic E-state index is 2.25. The Hall–Kier alpha value is -1.24. The van der Waals surface area contributed by atoms with Crippen LogP contribution in [0, 0.1) is 6.92 Å². The van der Waals surface area contributed by atoms with Crippen LogP contribution < -0.4 is 4.90 Å². The van der Waals surface area contributed by atoms with Crippen molar-refractivity contribution in [1.82, 2.24) is 0 Å². The molecule has 0 spiro atoms. The molecular weight excluding hydrogens is 158 g/mol. The molecule has 0 amide bonds. The highest BCUT2D eigenvalue weighted by molar-refractivity contribution is 5.54. The predicted octanol–water partition coefficient (Wildman–Crippen LogP) is 3.35. The average Bonchev–Trinajstić information content (AvgIpc) is 2.16. The van der Waals surface area contributed by atoms with Gasteiger partial charge in [0.25, 0.3) is 0 Å². The minimum absolute atomic E-state index is 1.01. The van der Waals surface area contributed by atoms with E-state index in [-0.39, 0.29) is 0 Å². The van der Waals surface area contributed by atoms with Crippen molar-refractivity contribution in [2.75, 3.05) is 11.4 Å². The van der Waals surface area contributed by atoms with E-state index in [0.717, 1.165) is 6.54 Å². The Morgan fingerprint density at radius 1 is 1.31 bits per heavy atom. The quantitative estimate of drug-likeness (QED) is 0.681. The van der Waals surface area contributed by atoms with Gasteiger partial charge in [0.05, 0.1) is 0 Å². The topological polar surface area (TPSA) is 3.24 Å². The van der Waals surface area contributed by atoms with Crippen LogP contribution in [0.2, 0.25) is 0 Å². The van der Waals surface area contributed by atoms with Gasteiger partial charge in [0, 0.05) is 12.2 Å². The standard InChI is InChI=1S/C12H17N/c1-4-10-13(5-2)12-9-7-6-8-11(12)3/h4,6-10H,5H2,1-3H3/b10-4-. The summed E-state index contributed by atoms with van der Waals surface area (Å²) < 4.78 is 0. The Labute approximate surface area is 80.7 Å². The van der Waals surface area contributed by atoms with E-state index in [0.29, 0.717) is 0 Å². The zero-order chi connectivity index (χ0) is 9.68. The summed E-state index contributed by atoms with van der Waals surface area (Å²) in [6.07, 6.45) is 4.18. The lowest BCUT2D eigenvalue weighted by molar-refractivity contribution is 1.01. The molecule has 1 aromatic rings. The molecule has 0 fully saturated rings. The lowest BCUT2D eigenvalue weighted by atomic mass is 10.2. The minimum atomic E-state index is 1.01. The van der Waals surface area contributed by atoms with E-state index in [2.05, 4.69) is 55.3 Å². The van der Waals surface area contributed by atoms with E-state index in [1.165, 1.54) is 11.3 Å². The molecule has 0 radical (unpaired) electrons. The maximum absolute atomic E-state index is 2.25. The second-order valence-electron chi connectivity index (χ2n) is 3.05. The Balaban J connectivity index is 2.97. The molecule has 70 valence electrons. The predicted molar refractivity (Wildman–Crippen MR) is 59.0 cm³/mol. The Morgan fingerprint density at radius 3 is 2.54 bits per heavy atom. The average molecular weight is 175 g/mol. The van der Waals surface area contributed by atoms with Crippen molar-refractivity contribution in [2.45, 2.75) is 20.8 Å². The highest BCUT2D eigenvalue weighted by atomic mass is 15.1. The van der Waals surface area contributed by atoms with Gasteiger partial charge < -0.3 is 4.90 Å². The van der Waals surface area contributed by atoms with Crippen molar-refractivity contribution in [3.63, 3.8) is 0 Å². The van der Waals surface area contributed by atoms with Crippen LogP contribution >= 0.6 is 0 Å². The Bertz CT molecular complexity index is 289. The molecule has 0 bridgehead atoms. The van der Waals surface area contributed by atoms with Crippen molar-refractivity contribution in [3.8, 4) is 0 Å². The van der Waals surface area contributed by atoms with Gasteiger partial charge in [-0.1, -0.05) is 24.3 Å². The summed E-state index contributed by atoms with van der Waals surface area (Å²) in [4.78, 5) is 2.25. The third-order valence-corrected chi connectivity index (χ3v) is 2.09. The highest BCUT2D eigenvalue weighted by Crippen LogP contribution is 2.18. The fourth-order valence-corrected chi connectivity index (χ4v) is 1.42. The first-order chi connectivity index (χ1) is 6.29. The SMILES string of the molecule is C/C=C\N(CC)c1ccccc1C. The highest BCUT2D eigenvalue weighted by Gasteiger charge is 2.01. The summed E-state index contributed by atoms with van der Waals surface area (Å²) in [7, 11) is 0. The van der Waals surface area contributed by atoms with Gasteiger partial charge in [-0.25, -0.2) is 0 Å². The van der Waals surface area contributed by atoms with Crippen molar-refractivity contribution in [2.24, 2.45) is 0 Å². The monoisotopic (exact) mass is 175 g/mol. The summed E-state index contributed by atoms with van der Waals surface area (Å²) in [5, 5.41) is 0. The molecule has 1 nitrogen and oxygen atoms in total. The van der Waals surface area contributed by atoms with Crippen molar-refractivity contribution < 1.29 is 0 Å². The van der Waals surface area contributed by atoms with E-state index in [1.807, 2.05) is 6.92 Å². The van der Waals surface area contributed by atoms with Crippen LogP contribution in [0.3, 0.4) is 0 Å². The molecular formula is C12H17N. The molecule has 0 saturated carbocycles. The second kappa shape index (κ2) is 4.70. The second-order valence-corrected chi connectivity index (χ2v) is 3.05. The third-order valence-electron chi connectivity index (χ3n) is 2.09. The van der Waals surface area contributed by atoms with Gasteiger partial charge in [0.15, 0.2) is 0 Å². The molecule has 0 unspecified atom stereocenters. The molecule has 0 saturated heterocycles. The number of nitrogens with zero attached hydrogens (tertiary/aromatic N) is 1. The van der Waals surface area contributed by atoms with Crippen LogP contribution in [-0.2, 0) is 0 Å². The van der Waals surface area contributed by atoms with E-state index >= 15 is 0 Å². The lowest BCUT2D eigenvalue weighted by Crippen LogP contribution is -2.15. The minimum Gasteiger partial charge on any atom is -0.348 e. The van der Waals surface area contributed by atoms with E-state index in [4.69, 9.17) is 0 Å². The zero-order valence-electron chi connectivity index (χ0n) is 8.62. The van der Waals surface area contributed by atoms with E-state index in [1.54, 1.807) is 0 Å². The first kappa shape index (κ1) is 9.85. The van der Waals surface area contributed by atoms with Crippen molar-refractivity contribution in [3.05, 3.63) is 42.1 Å². The molecule has 13 heavy (non-hydrogen) atoms. The molecule has 0 heterocycles. The fourth-order valence-electron chi connectivity index (χ4n) is 1.42. The molecule has 0 N–H and O–H groups in total. The third kappa shape index (κ3) is 2.35. The van der Waals surface area contributed by atoms with Crippen LogP contribution in [0.25, 0.3) is 0 Å². The van der Waals surface area contributed by atoms with Gasteiger partial charge in [0.1, 0.15) is 0 Å². The Kier molecular flexibility index (Phi) is 3.56. The fraction of sp³-hybridized carbons (Fsp3) is 0.333. The van der Waals surface area contributed by atoms with Crippen LogP contribution in [0.15, 0.2) is 36.5 Å². The summed E-state index contributed by atoms with van der Waals surface area (Å²) in [5.41, 5.74) is 2.62. The maximum Gasteiger partial charge on any atom is 0.0435 e. The van der Waals surface area contributed by atoms with Crippen molar-refractivity contribution >= 4 is 5.69 Å². The number of hydrogen-bond donors (Lipinski definition) is 0. The number of rotatable bonds is 3. The number of anilines is 1. The number of aryl methyl sites for hydroxylation is 1.